The van der Waals surface area contributed by atoms with Crippen LogP contribution in [0.5, 0.6) is 0 Å². The van der Waals surface area contributed by atoms with Crippen molar-refractivity contribution >= 4 is 6.09 Å². The van der Waals surface area contributed by atoms with Gasteiger partial charge < -0.3 is 14.4 Å². The van der Waals surface area contributed by atoms with Gasteiger partial charge >= 0.3 is 6.09 Å². The van der Waals surface area contributed by atoms with E-state index in [2.05, 4.69) is 0 Å². The van der Waals surface area contributed by atoms with E-state index < -0.39 is 5.60 Å². The van der Waals surface area contributed by atoms with Crippen LogP contribution in [0.25, 0.3) is 11.1 Å². The molecule has 0 aromatic heterocycles. The molecule has 1 unspecified atom stereocenters. The number of benzene rings is 2. The molecular weight excluding hydrogens is 381 g/mol. The van der Waals surface area contributed by atoms with Crippen molar-refractivity contribution in [2.24, 2.45) is 0 Å². The molecule has 0 saturated carbocycles. The van der Waals surface area contributed by atoms with Gasteiger partial charge in [0.25, 0.3) is 0 Å². The van der Waals surface area contributed by atoms with Crippen LogP contribution in [0.4, 0.5) is 9.18 Å². The summed E-state index contributed by atoms with van der Waals surface area (Å²) in [5.74, 6) is -0.245. The fraction of sp³-hybridized carbons (Fsp3) is 0.480. The van der Waals surface area contributed by atoms with Crippen molar-refractivity contribution in [1.29, 1.82) is 0 Å². The first-order valence-corrected chi connectivity index (χ1v) is 10.8. The number of rotatable bonds is 4. The highest BCUT2D eigenvalue weighted by Gasteiger charge is 2.45. The van der Waals surface area contributed by atoms with E-state index in [9.17, 15) is 9.18 Å². The predicted molar refractivity (Wildman–Crippen MR) is 115 cm³/mol. The van der Waals surface area contributed by atoms with E-state index in [1.807, 2.05) is 62.1 Å². The van der Waals surface area contributed by atoms with Gasteiger partial charge in [-0.05, 0) is 63.6 Å². The van der Waals surface area contributed by atoms with Crippen molar-refractivity contribution in [3.05, 3.63) is 59.9 Å². The third-order valence-corrected chi connectivity index (χ3v) is 5.96. The normalized spacial score (nSPS) is 23.5. The van der Waals surface area contributed by atoms with Crippen molar-refractivity contribution in [2.45, 2.75) is 76.9 Å². The van der Waals surface area contributed by atoms with E-state index in [1.165, 1.54) is 6.07 Å². The molecule has 30 heavy (non-hydrogen) atoms. The maximum Gasteiger partial charge on any atom is 0.410 e. The van der Waals surface area contributed by atoms with Gasteiger partial charge in [-0.15, -0.1) is 0 Å². The number of piperidine rings is 1. The number of hydrogen-bond acceptors (Lipinski definition) is 3. The molecule has 4 nitrogen and oxygen atoms in total. The first-order chi connectivity index (χ1) is 14.3. The lowest BCUT2D eigenvalue weighted by Gasteiger charge is -2.39. The maximum atomic E-state index is 14.6. The number of hydrogen-bond donors (Lipinski definition) is 0. The molecule has 3 atom stereocenters. The van der Waals surface area contributed by atoms with E-state index in [4.69, 9.17) is 9.47 Å². The van der Waals surface area contributed by atoms with Gasteiger partial charge in [0, 0.05) is 17.6 Å². The van der Waals surface area contributed by atoms with Crippen LogP contribution in [0.15, 0.2) is 48.5 Å². The largest absolute Gasteiger partial charge is 0.444 e. The summed E-state index contributed by atoms with van der Waals surface area (Å²) >= 11 is 0. The summed E-state index contributed by atoms with van der Waals surface area (Å²) in [5, 5.41) is 0. The van der Waals surface area contributed by atoms with Gasteiger partial charge in [-0.25, -0.2) is 9.18 Å². The number of carbonyl (C=O) groups excluding carboxylic acids is 1. The lowest BCUT2D eigenvalue weighted by Crippen LogP contribution is -2.50. The van der Waals surface area contributed by atoms with Crippen LogP contribution in [0.2, 0.25) is 0 Å². The summed E-state index contributed by atoms with van der Waals surface area (Å²) in [6, 6.07) is 15.3. The molecule has 2 saturated heterocycles. The molecule has 1 amide bonds. The van der Waals surface area contributed by atoms with Crippen LogP contribution in [0, 0.1) is 5.82 Å². The Labute approximate surface area is 178 Å². The molecule has 2 aromatic carbocycles. The van der Waals surface area contributed by atoms with E-state index in [0.29, 0.717) is 5.56 Å². The predicted octanol–water partition coefficient (Wildman–Crippen LogP) is 5.94. The summed E-state index contributed by atoms with van der Waals surface area (Å²) in [7, 11) is 0. The lowest BCUT2D eigenvalue weighted by molar-refractivity contribution is -0.0400. The minimum atomic E-state index is -0.497. The van der Waals surface area contributed by atoms with Crippen LogP contribution < -0.4 is 0 Å². The second kappa shape index (κ2) is 8.38. The van der Waals surface area contributed by atoms with Crippen molar-refractivity contribution in [3.63, 3.8) is 0 Å². The zero-order valence-corrected chi connectivity index (χ0v) is 17.9. The third-order valence-electron chi connectivity index (χ3n) is 5.96. The molecule has 2 heterocycles. The van der Waals surface area contributed by atoms with Crippen molar-refractivity contribution < 1.29 is 18.7 Å². The molecular formula is C25H30FNO3. The summed E-state index contributed by atoms with van der Waals surface area (Å²) < 4.78 is 26.4. The van der Waals surface area contributed by atoms with Crippen LogP contribution in [0.3, 0.4) is 0 Å². The smallest absolute Gasteiger partial charge is 0.410 e. The quantitative estimate of drug-likeness (QED) is 0.625. The molecule has 2 bridgehead atoms. The van der Waals surface area contributed by atoms with Gasteiger partial charge in [0.05, 0.1) is 12.7 Å². The zero-order valence-electron chi connectivity index (χ0n) is 17.9. The lowest BCUT2D eigenvalue weighted by atomic mass is 9.98. The van der Waals surface area contributed by atoms with Crippen LogP contribution in [-0.4, -0.2) is 34.8 Å². The number of nitrogens with zero attached hydrogens (tertiary/aromatic N) is 1. The Balaban J connectivity index is 1.43. The van der Waals surface area contributed by atoms with Gasteiger partial charge in [0.2, 0.25) is 0 Å². The third kappa shape index (κ3) is 4.51. The van der Waals surface area contributed by atoms with Crippen molar-refractivity contribution in [2.75, 3.05) is 0 Å². The zero-order chi connectivity index (χ0) is 21.3. The topological polar surface area (TPSA) is 38.8 Å². The number of amides is 1. The molecule has 0 spiro atoms. The number of halogens is 1. The monoisotopic (exact) mass is 411 g/mol. The second-order valence-electron chi connectivity index (χ2n) is 9.31. The fourth-order valence-corrected chi connectivity index (χ4v) is 4.67. The molecule has 2 fully saturated rings. The van der Waals surface area contributed by atoms with E-state index in [-0.39, 0.29) is 36.7 Å². The highest BCUT2D eigenvalue weighted by atomic mass is 19.1. The Bertz CT molecular complexity index is 879. The molecule has 2 aromatic rings. The fourth-order valence-electron chi connectivity index (χ4n) is 4.67. The summed E-state index contributed by atoms with van der Waals surface area (Å²) in [4.78, 5) is 14.5. The van der Waals surface area contributed by atoms with E-state index in [1.54, 1.807) is 6.07 Å². The molecule has 4 rings (SSSR count). The molecule has 0 radical (unpaired) electrons. The summed E-state index contributed by atoms with van der Waals surface area (Å²) in [6.45, 7) is 5.90. The van der Waals surface area contributed by atoms with E-state index >= 15 is 0 Å². The van der Waals surface area contributed by atoms with Gasteiger partial charge in [-0.2, -0.15) is 0 Å². The Morgan fingerprint density at radius 3 is 2.33 bits per heavy atom. The number of carbonyl (C=O) groups is 1. The Morgan fingerprint density at radius 1 is 1.03 bits per heavy atom. The van der Waals surface area contributed by atoms with Crippen molar-refractivity contribution in [1.82, 2.24) is 4.90 Å². The summed E-state index contributed by atoms with van der Waals surface area (Å²) in [5.41, 5.74) is 1.94. The number of fused-ring (bicyclic) bond motifs is 2. The van der Waals surface area contributed by atoms with Gasteiger partial charge in [0.1, 0.15) is 11.4 Å². The van der Waals surface area contributed by atoms with Crippen LogP contribution in [0.1, 0.15) is 52.0 Å². The van der Waals surface area contributed by atoms with Crippen molar-refractivity contribution in [3.8, 4) is 11.1 Å². The molecule has 2 aliphatic heterocycles. The molecule has 5 heteroatoms. The Morgan fingerprint density at radius 2 is 1.70 bits per heavy atom. The minimum Gasteiger partial charge on any atom is -0.444 e. The number of ether oxygens (including phenoxy) is 2. The molecule has 160 valence electrons. The SMILES string of the molecule is CC(C)(C)OC(=O)N1[C@@H]2CC[C@H]1CC(OCc1c(F)cccc1-c1ccccc1)C2. The molecule has 0 N–H and O–H groups in total. The molecule has 0 aliphatic carbocycles. The highest BCUT2D eigenvalue weighted by Crippen LogP contribution is 2.38. The van der Waals surface area contributed by atoms with Gasteiger partial charge in [-0.1, -0.05) is 42.5 Å². The average molecular weight is 412 g/mol. The van der Waals surface area contributed by atoms with Crippen LogP contribution in [-0.2, 0) is 16.1 Å². The van der Waals surface area contributed by atoms with Crippen LogP contribution >= 0.6 is 0 Å². The average Bonchev–Trinajstić information content (AvgIpc) is 2.97. The standard InChI is InChI=1S/C25H30FNO3/c1-25(2,3)30-24(28)27-18-12-13-19(27)15-20(14-18)29-16-22-21(10-7-11-23(22)26)17-8-5-4-6-9-17/h4-11,18-20H,12-16H2,1-3H3/t18-,19+,20?. The maximum absolute atomic E-state index is 14.6. The van der Waals surface area contributed by atoms with Gasteiger partial charge in [-0.3, -0.25) is 0 Å². The minimum absolute atomic E-state index is 0.0180. The first-order valence-electron chi connectivity index (χ1n) is 10.8. The Kier molecular flexibility index (Phi) is 5.83. The second-order valence-corrected chi connectivity index (χ2v) is 9.31. The molecule has 2 aliphatic rings. The van der Waals surface area contributed by atoms with Gasteiger partial charge in [0.15, 0.2) is 0 Å². The highest BCUT2D eigenvalue weighted by molar-refractivity contribution is 5.70. The van der Waals surface area contributed by atoms with E-state index in [0.717, 1.165) is 36.8 Å². The summed E-state index contributed by atoms with van der Waals surface area (Å²) in [6.07, 6.45) is 3.27. The first kappa shape index (κ1) is 20.9. The Hall–Kier alpha value is -2.40.